The maximum Gasteiger partial charge on any atom is 0.170 e. The van der Waals surface area contributed by atoms with Gasteiger partial charge in [0.15, 0.2) is 5.11 Å². The minimum Gasteiger partial charge on any atom is -0.352 e. The summed E-state index contributed by atoms with van der Waals surface area (Å²) in [5.74, 6) is 0. The summed E-state index contributed by atoms with van der Waals surface area (Å²) in [6.45, 7) is 5.31. The third-order valence-corrected chi connectivity index (χ3v) is 5.73. The molecule has 1 N–H and O–H groups in total. The molecule has 144 valence electrons. The second-order valence-corrected chi connectivity index (χ2v) is 7.63. The van der Waals surface area contributed by atoms with Crippen LogP contribution in [-0.4, -0.2) is 26.1 Å². The molecule has 2 unspecified atom stereocenters. The number of benzene rings is 1. The summed E-state index contributed by atoms with van der Waals surface area (Å²) in [5, 5.41) is 4.36. The number of nitrogens with one attached hydrogen (secondary N) is 1. The van der Waals surface area contributed by atoms with E-state index in [-0.39, 0.29) is 12.1 Å². The van der Waals surface area contributed by atoms with Crippen LogP contribution in [-0.2, 0) is 0 Å². The normalized spacial score (nSPS) is 19.1. The summed E-state index contributed by atoms with van der Waals surface area (Å²) in [6, 6.07) is 21.2. The molecule has 1 aliphatic heterocycles. The Labute approximate surface area is 172 Å². The van der Waals surface area contributed by atoms with Crippen molar-refractivity contribution in [3.8, 4) is 5.69 Å². The van der Waals surface area contributed by atoms with Crippen LogP contribution in [0.4, 0.5) is 0 Å². The fraction of sp³-hybridized carbons (Fsp3) is 0.304. The largest absolute Gasteiger partial charge is 0.352 e. The Morgan fingerprint density at radius 1 is 1.04 bits per heavy atom. The summed E-state index contributed by atoms with van der Waals surface area (Å²) >= 11 is 5.75. The van der Waals surface area contributed by atoms with E-state index < -0.39 is 0 Å². The van der Waals surface area contributed by atoms with Crippen LogP contribution in [0.15, 0.2) is 66.9 Å². The zero-order valence-electron chi connectivity index (χ0n) is 16.4. The second kappa shape index (κ2) is 8.15. The lowest BCUT2D eigenvalue weighted by Crippen LogP contribution is -2.31. The number of unbranched alkanes of at least 4 members (excludes halogenated alkanes) is 1. The van der Waals surface area contributed by atoms with Gasteiger partial charge in [-0.05, 0) is 62.0 Å². The van der Waals surface area contributed by atoms with E-state index in [0.29, 0.717) is 0 Å². The van der Waals surface area contributed by atoms with Crippen LogP contribution in [0.3, 0.4) is 0 Å². The second-order valence-electron chi connectivity index (χ2n) is 7.24. The van der Waals surface area contributed by atoms with Gasteiger partial charge in [-0.3, -0.25) is 4.98 Å². The van der Waals surface area contributed by atoms with Crippen LogP contribution < -0.4 is 5.32 Å². The van der Waals surface area contributed by atoms with Crippen LogP contribution in [0.2, 0.25) is 0 Å². The third kappa shape index (κ3) is 3.42. The fourth-order valence-electron chi connectivity index (χ4n) is 4.02. The van der Waals surface area contributed by atoms with E-state index in [1.807, 2.05) is 18.3 Å². The molecule has 1 aliphatic rings. The molecule has 4 rings (SSSR count). The number of rotatable bonds is 6. The van der Waals surface area contributed by atoms with Crippen molar-refractivity contribution in [2.45, 2.75) is 38.8 Å². The summed E-state index contributed by atoms with van der Waals surface area (Å²) in [6.07, 6.45) is 4.10. The highest BCUT2D eigenvalue weighted by Crippen LogP contribution is 2.40. The van der Waals surface area contributed by atoms with Gasteiger partial charge in [0.25, 0.3) is 0 Å². The molecule has 0 saturated carbocycles. The average molecular weight is 391 g/mol. The Morgan fingerprint density at radius 2 is 1.82 bits per heavy atom. The van der Waals surface area contributed by atoms with Crippen molar-refractivity contribution in [1.29, 1.82) is 0 Å². The van der Waals surface area contributed by atoms with Crippen molar-refractivity contribution in [2.24, 2.45) is 0 Å². The van der Waals surface area contributed by atoms with Crippen molar-refractivity contribution in [1.82, 2.24) is 19.8 Å². The molecule has 2 atom stereocenters. The number of hydrogen-bond donors (Lipinski definition) is 1. The highest BCUT2D eigenvalue weighted by molar-refractivity contribution is 7.80. The fourth-order valence-corrected chi connectivity index (χ4v) is 4.35. The molecular formula is C23H26N4S. The zero-order valence-corrected chi connectivity index (χ0v) is 17.2. The first-order chi connectivity index (χ1) is 13.7. The first-order valence-corrected chi connectivity index (χ1v) is 10.3. The Hall–Kier alpha value is -2.66. The number of pyridine rings is 1. The Kier molecular flexibility index (Phi) is 5.44. The van der Waals surface area contributed by atoms with Gasteiger partial charge in [-0.15, -0.1) is 0 Å². The Balaban J connectivity index is 1.82. The molecule has 0 amide bonds. The van der Waals surface area contributed by atoms with Gasteiger partial charge >= 0.3 is 0 Å². The van der Waals surface area contributed by atoms with Crippen LogP contribution in [0.5, 0.6) is 0 Å². The van der Waals surface area contributed by atoms with Crippen LogP contribution in [0, 0.1) is 6.92 Å². The number of thiocarbonyl (C=S) groups is 1. The van der Waals surface area contributed by atoms with Gasteiger partial charge in [0.2, 0.25) is 0 Å². The van der Waals surface area contributed by atoms with Gasteiger partial charge in [0.05, 0.1) is 17.8 Å². The predicted molar refractivity (Wildman–Crippen MR) is 118 cm³/mol. The van der Waals surface area contributed by atoms with Crippen molar-refractivity contribution in [3.63, 3.8) is 0 Å². The Bertz CT molecular complexity index is 936. The molecule has 0 radical (unpaired) electrons. The molecule has 5 heteroatoms. The average Bonchev–Trinajstić information content (AvgIpc) is 3.27. The lowest BCUT2D eigenvalue weighted by Gasteiger charge is -2.29. The van der Waals surface area contributed by atoms with Crippen molar-refractivity contribution >= 4 is 17.3 Å². The maximum atomic E-state index is 5.75. The van der Waals surface area contributed by atoms with E-state index in [2.05, 4.69) is 82.1 Å². The molecular weight excluding hydrogens is 364 g/mol. The molecule has 1 saturated heterocycles. The third-order valence-electron chi connectivity index (χ3n) is 5.37. The van der Waals surface area contributed by atoms with E-state index in [9.17, 15) is 0 Å². The molecule has 0 spiro atoms. The maximum absolute atomic E-state index is 5.75. The molecule has 1 aromatic carbocycles. The quantitative estimate of drug-likeness (QED) is 0.604. The van der Waals surface area contributed by atoms with E-state index >= 15 is 0 Å². The molecule has 0 bridgehead atoms. The highest BCUT2D eigenvalue weighted by atomic mass is 32.1. The molecule has 3 aromatic rings. The number of aromatic nitrogens is 2. The first kappa shape index (κ1) is 18.7. The number of para-hydroxylation sites is 1. The summed E-state index contributed by atoms with van der Waals surface area (Å²) in [7, 11) is 0. The molecule has 1 fully saturated rings. The smallest absolute Gasteiger partial charge is 0.170 e. The predicted octanol–water partition coefficient (Wildman–Crippen LogP) is 4.95. The SMILES string of the molecule is CCCCN1C(=S)NC(c2ccccn2)C1c1ccc(C)n1-c1ccccc1. The van der Waals surface area contributed by atoms with Crippen LogP contribution in [0.1, 0.15) is 48.9 Å². The Morgan fingerprint density at radius 3 is 2.54 bits per heavy atom. The molecule has 2 aromatic heterocycles. The van der Waals surface area contributed by atoms with E-state index in [1.165, 1.54) is 17.1 Å². The monoisotopic (exact) mass is 390 g/mol. The highest BCUT2D eigenvalue weighted by Gasteiger charge is 2.41. The van der Waals surface area contributed by atoms with Gasteiger partial charge in [0, 0.05) is 29.8 Å². The number of hydrogen-bond acceptors (Lipinski definition) is 2. The van der Waals surface area contributed by atoms with Crippen molar-refractivity contribution in [2.75, 3.05) is 6.54 Å². The minimum absolute atomic E-state index is 0.0299. The van der Waals surface area contributed by atoms with E-state index in [1.54, 1.807) is 0 Å². The lowest BCUT2D eigenvalue weighted by atomic mass is 10.0. The van der Waals surface area contributed by atoms with Crippen molar-refractivity contribution < 1.29 is 0 Å². The summed E-state index contributed by atoms with van der Waals surface area (Å²) in [4.78, 5) is 6.98. The standard InChI is InChI=1S/C23H26N4S/c1-3-4-16-26-22(21(25-23(26)28)19-12-8-9-15-24-19)20-14-13-17(2)27(20)18-10-6-5-7-11-18/h5-15,21-22H,3-4,16H2,1-2H3,(H,25,28). The number of nitrogens with zero attached hydrogens (tertiary/aromatic N) is 3. The van der Waals surface area contributed by atoms with Gasteiger partial charge in [-0.25, -0.2) is 0 Å². The van der Waals surface area contributed by atoms with Gasteiger partial charge < -0.3 is 14.8 Å². The van der Waals surface area contributed by atoms with E-state index in [4.69, 9.17) is 12.2 Å². The van der Waals surface area contributed by atoms with Crippen molar-refractivity contribution in [3.05, 3.63) is 83.9 Å². The first-order valence-electron chi connectivity index (χ1n) is 9.92. The zero-order chi connectivity index (χ0) is 19.5. The number of aryl methyl sites for hydroxylation is 1. The van der Waals surface area contributed by atoms with Gasteiger partial charge in [-0.1, -0.05) is 37.6 Å². The van der Waals surface area contributed by atoms with Gasteiger partial charge in [0.1, 0.15) is 0 Å². The molecule has 4 nitrogen and oxygen atoms in total. The summed E-state index contributed by atoms with van der Waals surface area (Å²) < 4.78 is 2.34. The molecule has 3 heterocycles. The lowest BCUT2D eigenvalue weighted by molar-refractivity contribution is 0.304. The molecule has 28 heavy (non-hydrogen) atoms. The molecule has 0 aliphatic carbocycles. The minimum atomic E-state index is 0.0299. The van der Waals surface area contributed by atoms with Crippen LogP contribution in [0.25, 0.3) is 5.69 Å². The topological polar surface area (TPSA) is 33.1 Å². The summed E-state index contributed by atoms with van der Waals surface area (Å²) in [5.41, 5.74) is 4.65. The van der Waals surface area contributed by atoms with Gasteiger partial charge in [-0.2, -0.15) is 0 Å². The van der Waals surface area contributed by atoms with Crippen LogP contribution >= 0.6 is 12.2 Å². The van der Waals surface area contributed by atoms with E-state index in [0.717, 1.165) is 30.2 Å².